The molecule has 7 unspecified atom stereocenters. The first-order valence-electron chi connectivity index (χ1n) is 44.2. The van der Waals surface area contributed by atoms with Crippen LogP contribution in [0.15, 0.2) is 350 Å². The molecule has 4 aliphatic carbocycles. The van der Waals surface area contributed by atoms with Crippen molar-refractivity contribution in [2.45, 2.75) is 195 Å². The third-order valence-electron chi connectivity index (χ3n) is 24.3. The second-order valence-corrected chi connectivity index (χ2v) is 42.2. The molecule has 0 aromatic heterocycles. The van der Waals surface area contributed by atoms with Crippen LogP contribution >= 0.6 is 0 Å². The maximum atomic E-state index is 12.9. The highest BCUT2D eigenvalue weighted by molar-refractivity contribution is 7.98. The zero-order valence-electron chi connectivity index (χ0n) is 74.5. The van der Waals surface area contributed by atoms with Crippen LogP contribution in [0, 0.1) is 79.1 Å². The summed E-state index contributed by atoms with van der Waals surface area (Å²) >= 11 is 0. The molecule has 7 atom stereocenters. The second-order valence-electron chi connectivity index (χ2n) is 34.1. The summed E-state index contributed by atoms with van der Waals surface area (Å²) in [5.74, 6) is -1.13. The number of esters is 5. The number of carboxylic acid groups (broad SMARTS) is 1. The lowest BCUT2D eigenvalue weighted by molar-refractivity contribution is -0.222. The van der Waals surface area contributed by atoms with Gasteiger partial charge in [0.15, 0.2) is 85.2 Å². The molecule has 8 fully saturated rings. The van der Waals surface area contributed by atoms with E-state index in [1.165, 1.54) is 58.7 Å². The molecule has 22 heteroatoms. The van der Waals surface area contributed by atoms with E-state index >= 15 is 0 Å². The van der Waals surface area contributed by atoms with Crippen molar-refractivity contribution >= 4 is 85.2 Å². The monoisotopic (exact) mass is 1830 g/mol. The van der Waals surface area contributed by atoms with E-state index < -0.39 is 47.5 Å². The molecule has 0 radical (unpaired) electrons. The Bertz CT molecular complexity index is 5830. The largest absolute Gasteiger partial charge is 0.481 e. The fraction of sp³-hybridized carbons (Fsp3) is 0.275. The maximum Gasteiger partial charge on any atom is 0.347 e. The van der Waals surface area contributed by atoms with Crippen LogP contribution in [-0.4, -0.2) is 109 Å². The summed E-state index contributed by atoms with van der Waals surface area (Å²) in [6.07, 6.45) is 4.22. The van der Waals surface area contributed by atoms with Gasteiger partial charge in [-0.2, -0.15) is 0 Å². The molecule has 131 heavy (non-hydrogen) atoms. The van der Waals surface area contributed by atoms with E-state index in [-0.39, 0.29) is 112 Å². The van der Waals surface area contributed by atoms with E-state index in [4.69, 9.17) is 52.5 Å². The minimum absolute atomic E-state index is 0.0833. The van der Waals surface area contributed by atoms with Crippen molar-refractivity contribution in [2.75, 3.05) is 33.0 Å². The Morgan fingerprint density at radius 2 is 0.656 bits per heavy atom. The Morgan fingerprint density at radius 3 is 0.947 bits per heavy atom. The lowest BCUT2D eigenvalue weighted by Gasteiger charge is -2.54. The van der Waals surface area contributed by atoms with Crippen LogP contribution < -0.4 is 18.9 Å². The number of hydrogen-bond donors (Lipinski definition) is 1. The summed E-state index contributed by atoms with van der Waals surface area (Å²) in [5.41, 5.74) is 7.22. The van der Waals surface area contributed by atoms with Gasteiger partial charge in [-0.05, 0) is 241 Å². The molecular weight excluding hydrogens is 1730 g/mol. The van der Waals surface area contributed by atoms with Crippen LogP contribution in [0.2, 0.25) is 0 Å². The first kappa shape index (κ1) is 92.0. The predicted octanol–water partition coefficient (Wildman–Crippen LogP) is 20.7. The summed E-state index contributed by atoms with van der Waals surface area (Å²) in [5, 5.41) is 8.87. The molecule has 12 aromatic carbocycles. The highest BCUT2D eigenvalue weighted by Gasteiger charge is 2.70. The smallest absolute Gasteiger partial charge is 0.347 e. The van der Waals surface area contributed by atoms with Crippen LogP contribution in [0.25, 0.3) is 0 Å². The number of hydrogen-bond acceptors (Lipinski definition) is 17. The standard InChI is InChI=1S/C32H33O4S.C29H27O6S.C26H25O5S.C22H20O3S/c1-21-13-28(37(26-9-5-3-6-10-26)27-11-7-4-8-12-27)14-22(2)31(21)35-20-29(33)36-32-17-23-15-24(18-32)30(34)25(16-23)19-32;1-18-13-23(36(21-9-5-3-6-10-21)22-11-7-4-8-12-22)14-19(2)26(18)32-17-25(30)34-29-16-20-15-24(27(29)33-20)28(31)35-29;1-18-15-22(32(20-9-5-3-6-10-20)21-11-7-4-8-12-21)16-19(2)25(18)30-17-24(27)31-23-13-14-29-26(23)28;1-16-13-20(14-17(2)22(16)25-15-21(23)24)26(18-9-5-3-6-10-18)19-11-7-4-8-12-19/h3-14,23-25H,15-20H2,1-2H3;3-14,20,24,27H,15-17H2,1-2H3;3-12,15-16,23H,13-14,17H2,1-2H3;3-14H,15H2,1-2H3/q3*+1;/p+1. The fourth-order valence-electron chi connectivity index (χ4n) is 19.1. The molecule has 4 saturated carbocycles. The molecule has 4 heterocycles. The number of fused-ring (bicyclic) bond motifs is 1. The number of aryl methyl sites for hydroxylation is 8. The molecule has 4 aliphatic heterocycles. The molecular formula is C109H106O18S4+4. The van der Waals surface area contributed by atoms with Crippen LogP contribution in [0.4, 0.5) is 0 Å². The van der Waals surface area contributed by atoms with Crippen LogP contribution in [0.3, 0.4) is 0 Å². The van der Waals surface area contributed by atoms with Crippen LogP contribution in [0.1, 0.15) is 95.9 Å². The predicted molar refractivity (Wildman–Crippen MR) is 503 cm³/mol. The number of benzene rings is 12. The summed E-state index contributed by atoms with van der Waals surface area (Å²) in [4.78, 5) is 99.4. The Kier molecular flexibility index (Phi) is 29.1. The molecule has 12 aromatic rings. The number of ketones is 1. The van der Waals surface area contributed by atoms with E-state index in [1.807, 2.05) is 104 Å². The van der Waals surface area contributed by atoms with Crippen molar-refractivity contribution in [3.05, 3.63) is 336 Å². The number of carboxylic acids is 1. The lowest BCUT2D eigenvalue weighted by Crippen LogP contribution is -2.57. The van der Waals surface area contributed by atoms with Gasteiger partial charge >= 0.3 is 35.8 Å². The average molecular weight is 1830 g/mol. The van der Waals surface area contributed by atoms with E-state index in [0.29, 0.717) is 61.1 Å². The molecule has 0 spiro atoms. The molecule has 18 nitrogen and oxygen atoms in total. The topological polar surface area (TPSA) is 232 Å². The third-order valence-corrected chi connectivity index (χ3v) is 33.1. The summed E-state index contributed by atoms with van der Waals surface area (Å²) in [6.45, 7) is 15.2. The number of Topliss-reactive ketones (excluding diaryl/α,β-unsaturated/α-hetero) is 1. The Hall–Kier alpha value is -12.3. The molecule has 0 amide bonds. The number of cyclic esters (lactones) is 1. The first-order chi connectivity index (χ1) is 63.4. The molecule has 1 N–H and O–H groups in total. The minimum Gasteiger partial charge on any atom is -0.481 e. The van der Waals surface area contributed by atoms with Gasteiger partial charge in [-0.1, -0.05) is 146 Å². The van der Waals surface area contributed by atoms with E-state index in [2.05, 4.69) is 243 Å². The number of rotatable bonds is 27. The minimum atomic E-state index is -1.29. The average Bonchev–Trinajstić information content (AvgIpc) is 1.58. The summed E-state index contributed by atoms with van der Waals surface area (Å²) in [7, 11) is -1.01. The SMILES string of the molecule is Cc1cc([S+](c2ccccc2)c2ccccc2)cc(C)c1OCC(=O)O.Cc1cc([S+](c2ccccc2)c2ccccc2)cc(C)c1OCC(=O)OC12CC3CC(C(=O)O1)C2O3.Cc1cc([S+](c2ccccc2)c2ccccc2)cc(C)c1OCC(=O)OC12CC3CC(C1)C(=O)C(C3)C2.Cc1cc([S+](c2ccccc2)c2ccccc2)cc(C)c1OCC(=O)OC1CCOC1=O. The second kappa shape index (κ2) is 41.4. The number of ether oxygens (including phenoxy) is 10. The Balaban J connectivity index is 0.000000129. The Labute approximate surface area is 776 Å². The van der Waals surface area contributed by atoms with Gasteiger partial charge < -0.3 is 52.5 Å². The fourth-order valence-corrected chi connectivity index (χ4v) is 28.2. The van der Waals surface area contributed by atoms with Gasteiger partial charge in [0.1, 0.15) is 40.5 Å². The highest BCUT2D eigenvalue weighted by Crippen LogP contribution is 2.57. The molecule has 6 bridgehead atoms. The zero-order valence-corrected chi connectivity index (χ0v) is 77.7. The maximum absolute atomic E-state index is 12.9. The lowest BCUT2D eigenvalue weighted by atomic mass is 9.53. The normalized spacial score (nSPS) is 20.3. The quantitative estimate of drug-likeness (QED) is 0.0286. The number of carbonyl (C=O) groups is 7. The van der Waals surface area contributed by atoms with Crippen molar-refractivity contribution in [1.29, 1.82) is 0 Å². The zero-order chi connectivity index (χ0) is 91.5. The Morgan fingerprint density at radius 1 is 0.359 bits per heavy atom. The third kappa shape index (κ3) is 21.5. The van der Waals surface area contributed by atoms with Crippen LogP contribution in [0.5, 0.6) is 23.0 Å². The van der Waals surface area contributed by atoms with Crippen molar-refractivity contribution in [2.24, 2.45) is 23.7 Å². The number of aliphatic carboxylic acids is 1. The number of carbonyl (C=O) groups excluding carboxylic acids is 6. The van der Waals surface area contributed by atoms with Gasteiger partial charge in [0.2, 0.25) is 6.10 Å². The van der Waals surface area contributed by atoms with E-state index in [1.54, 1.807) is 0 Å². The first-order valence-corrected chi connectivity index (χ1v) is 49.1. The van der Waals surface area contributed by atoms with Gasteiger partial charge in [0.05, 0.1) is 68.6 Å². The van der Waals surface area contributed by atoms with Crippen molar-refractivity contribution in [3.63, 3.8) is 0 Å². The molecule has 670 valence electrons. The highest BCUT2D eigenvalue weighted by atomic mass is 32.2. The van der Waals surface area contributed by atoms with E-state index in [9.17, 15) is 33.6 Å². The molecule has 8 aliphatic rings. The van der Waals surface area contributed by atoms with Gasteiger partial charge in [0.25, 0.3) is 5.79 Å². The van der Waals surface area contributed by atoms with Crippen LogP contribution in [-0.2, 0) is 106 Å². The molecule has 4 saturated heterocycles. The molecule has 20 rings (SSSR count). The van der Waals surface area contributed by atoms with Gasteiger partial charge in [-0.15, -0.1) is 0 Å². The summed E-state index contributed by atoms with van der Waals surface area (Å²) in [6, 6.07) is 101. The summed E-state index contributed by atoms with van der Waals surface area (Å²) < 4.78 is 56.2. The van der Waals surface area contributed by atoms with Gasteiger partial charge in [-0.25, -0.2) is 24.0 Å². The van der Waals surface area contributed by atoms with Gasteiger partial charge in [0, 0.05) is 66.8 Å². The van der Waals surface area contributed by atoms with Crippen molar-refractivity contribution in [3.8, 4) is 23.0 Å². The van der Waals surface area contributed by atoms with Gasteiger partial charge in [-0.3, -0.25) is 9.59 Å². The van der Waals surface area contributed by atoms with Crippen molar-refractivity contribution in [1.82, 2.24) is 0 Å². The van der Waals surface area contributed by atoms with E-state index in [0.717, 1.165) is 69.5 Å². The van der Waals surface area contributed by atoms with Crippen molar-refractivity contribution < 1.29 is 86.0 Å².